The van der Waals surface area contributed by atoms with E-state index in [9.17, 15) is 0 Å². The van der Waals surface area contributed by atoms with Gasteiger partial charge in [-0.05, 0) is 17.7 Å². The molecule has 12 heavy (non-hydrogen) atoms. The summed E-state index contributed by atoms with van der Waals surface area (Å²) < 4.78 is 1.05. The van der Waals surface area contributed by atoms with Crippen molar-refractivity contribution >= 4 is 47.8 Å². The Balaban J connectivity index is 3.14. The summed E-state index contributed by atoms with van der Waals surface area (Å²) >= 11 is 10.1. The van der Waals surface area contributed by atoms with E-state index in [0.29, 0.717) is 5.56 Å². The average molecular weight is 354 g/mol. The molecule has 0 aliphatic rings. The Hall–Kier alpha value is 0.150. The van der Waals surface area contributed by atoms with Crippen molar-refractivity contribution in [2.45, 2.75) is 3.74 Å². The molecular formula is C8H4Br3N. The van der Waals surface area contributed by atoms with E-state index >= 15 is 0 Å². The molecule has 0 fully saturated rings. The molecule has 62 valence electrons. The van der Waals surface area contributed by atoms with Gasteiger partial charge in [-0.2, -0.15) is 5.26 Å². The van der Waals surface area contributed by atoms with Crippen LogP contribution in [0.2, 0.25) is 0 Å². The smallest absolute Gasteiger partial charge is 0.0992 e. The molecule has 0 saturated heterocycles. The van der Waals surface area contributed by atoms with Gasteiger partial charge in [0, 0.05) is 4.47 Å². The first-order valence-electron chi connectivity index (χ1n) is 3.13. The molecule has 0 aliphatic heterocycles. The zero-order chi connectivity index (χ0) is 9.14. The molecule has 0 heterocycles. The summed E-state index contributed by atoms with van der Waals surface area (Å²) in [6, 6.07) is 7.56. The maximum absolute atomic E-state index is 8.60. The second-order valence-electron chi connectivity index (χ2n) is 2.15. The lowest BCUT2D eigenvalue weighted by molar-refractivity contribution is 1.37. The largest absolute Gasteiger partial charge is 0.192 e. The number of alkyl halides is 2. The first-order valence-corrected chi connectivity index (χ1v) is 5.75. The van der Waals surface area contributed by atoms with Crippen LogP contribution >= 0.6 is 47.8 Å². The second kappa shape index (κ2) is 4.40. The van der Waals surface area contributed by atoms with Crippen LogP contribution in [0.5, 0.6) is 0 Å². The van der Waals surface area contributed by atoms with Crippen molar-refractivity contribution in [1.29, 1.82) is 5.26 Å². The van der Waals surface area contributed by atoms with Crippen LogP contribution in [0, 0.1) is 11.3 Å². The average Bonchev–Trinajstić information content (AvgIpc) is 2.03. The van der Waals surface area contributed by atoms with E-state index < -0.39 is 0 Å². The van der Waals surface area contributed by atoms with Crippen molar-refractivity contribution in [3.63, 3.8) is 0 Å². The van der Waals surface area contributed by atoms with Gasteiger partial charge in [-0.25, -0.2) is 0 Å². The summed E-state index contributed by atoms with van der Waals surface area (Å²) in [6.45, 7) is 0. The molecule has 0 N–H and O–H groups in total. The molecule has 0 spiro atoms. The highest BCUT2D eigenvalue weighted by atomic mass is 79.9. The molecule has 0 unspecified atom stereocenters. The molecule has 0 bridgehead atoms. The molecule has 0 saturated carbocycles. The molecule has 1 rings (SSSR count). The maximum Gasteiger partial charge on any atom is 0.0992 e. The number of hydrogen-bond acceptors (Lipinski definition) is 1. The number of nitrogens with zero attached hydrogens (tertiary/aromatic N) is 1. The van der Waals surface area contributed by atoms with E-state index in [0.717, 1.165) is 10.0 Å². The van der Waals surface area contributed by atoms with Gasteiger partial charge in [-0.15, -0.1) is 0 Å². The Morgan fingerprint density at radius 1 is 1.33 bits per heavy atom. The van der Waals surface area contributed by atoms with Gasteiger partial charge in [0.15, 0.2) is 0 Å². The molecular weight excluding hydrogens is 350 g/mol. The zero-order valence-corrected chi connectivity index (χ0v) is 10.6. The number of halogens is 3. The predicted molar refractivity (Wildman–Crippen MR) is 59.5 cm³/mol. The Morgan fingerprint density at radius 3 is 2.42 bits per heavy atom. The lowest BCUT2D eigenvalue weighted by atomic mass is 10.2. The van der Waals surface area contributed by atoms with Crippen LogP contribution in [-0.4, -0.2) is 0 Å². The molecule has 1 nitrogen and oxygen atoms in total. The highest BCUT2D eigenvalue weighted by molar-refractivity contribution is 9.24. The molecule has 1 aromatic carbocycles. The van der Waals surface area contributed by atoms with Crippen molar-refractivity contribution in [3.05, 3.63) is 33.8 Å². The van der Waals surface area contributed by atoms with Crippen LogP contribution in [0.25, 0.3) is 0 Å². The summed E-state index contributed by atoms with van der Waals surface area (Å²) in [5.41, 5.74) is 1.74. The third-order valence-electron chi connectivity index (χ3n) is 1.36. The quantitative estimate of drug-likeness (QED) is 0.697. The van der Waals surface area contributed by atoms with Gasteiger partial charge in [-0.3, -0.25) is 0 Å². The van der Waals surface area contributed by atoms with E-state index in [1.165, 1.54) is 0 Å². The number of hydrogen-bond donors (Lipinski definition) is 0. The lowest BCUT2D eigenvalue weighted by Gasteiger charge is -2.04. The summed E-state index contributed by atoms with van der Waals surface area (Å²) in [5.74, 6) is 0. The topological polar surface area (TPSA) is 23.8 Å². The normalized spacial score (nSPS) is 9.92. The highest BCUT2D eigenvalue weighted by Crippen LogP contribution is 2.34. The predicted octanol–water partition coefficient (Wildman–Crippen LogP) is 4.11. The Labute approximate surface area is 96.2 Å². The summed E-state index contributed by atoms with van der Waals surface area (Å²) in [6.07, 6.45) is 0. The van der Waals surface area contributed by atoms with Gasteiger partial charge in [0.05, 0.1) is 15.4 Å². The molecule has 0 amide bonds. The minimum atomic E-state index is 0.118. The Bertz CT molecular complexity index is 328. The van der Waals surface area contributed by atoms with Crippen LogP contribution in [0.15, 0.2) is 22.7 Å². The fourth-order valence-corrected chi connectivity index (χ4v) is 2.79. The van der Waals surface area contributed by atoms with E-state index in [1.54, 1.807) is 12.1 Å². The van der Waals surface area contributed by atoms with Crippen LogP contribution in [0.3, 0.4) is 0 Å². The number of benzene rings is 1. The molecule has 0 radical (unpaired) electrons. The monoisotopic (exact) mass is 351 g/mol. The third kappa shape index (κ3) is 2.32. The maximum atomic E-state index is 8.60. The van der Waals surface area contributed by atoms with Crippen molar-refractivity contribution < 1.29 is 0 Å². The fraction of sp³-hybridized carbons (Fsp3) is 0.125. The molecule has 0 aromatic heterocycles. The standard InChI is InChI=1S/C8H4Br3N/c9-7-3-5(4-12)1-2-6(7)8(10)11/h1-3,8H. The first-order chi connectivity index (χ1) is 5.65. The summed E-state index contributed by atoms with van der Waals surface area (Å²) in [7, 11) is 0. The van der Waals surface area contributed by atoms with Gasteiger partial charge in [0.1, 0.15) is 0 Å². The van der Waals surface area contributed by atoms with E-state index in [2.05, 4.69) is 53.9 Å². The molecule has 4 heteroatoms. The Morgan fingerprint density at radius 2 is 2.00 bits per heavy atom. The van der Waals surface area contributed by atoms with Gasteiger partial charge < -0.3 is 0 Å². The Kier molecular flexibility index (Phi) is 3.76. The van der Waals surface area contributed by atoms with Crippen LogP contribution in [0.1, 0.15) is 14.9 Å². The minimum Gasteiger partial charge on any atom is -0.192 e. The molecule has 0 atom stereocenters. The van der Waals surface area contributed by atoms with Crippen LogP contribution in [0.4, 0.5) is 0 Å². The SMILES string of the molecule is N#Cc1ccc(C(Br)Br)c(Br)c1. The minimum absolute atomic E-state index is 0.118. The van der Waals surface area contributed by atoms with E-state index in [4.69, 9.17) is 5.26 Å². The van der Waals surface area contributed by atoms with Gasteiger partial charge in [-0.1, -0.05) is 53.9 Å². The highest BCUT2D eigenvalue weighted by Gasteiger charge is 2.07. The van der Waals surface area contributed by atoms with E-state index in [-0.39, 0.29) is 3.74 Å². The number of rotatable bonds is 1. The van der Waals surface area contributed by atoms with Gasteiger partial charge >= 0.3 is 0 Å². The van der Waals surface area contributed by atoms with Crippen molar-refractivity contribution in [3.8, 4) is 6.07 Å². The number of nitriles is 1. The van der Waals surface area contributed by atoms with Crippen molar-refractivity contribution in [1.82, 2.24) is 0 Å². The third-order valence-corrected chi connectivity index (χ3v) is 3.04. The summed E-state index contributed by atoms with van der Waals surface area (Å²) in [4.78, 5) is 0. The van der Waals surface area contributed by atoms with Crippen LogP contribution in [-0.2, 0) is 0 Å². The van der Waals surface area contributed by atoms with E-state index in [1.807, 2.05) is 6.07 Å². The lowest BCUT2D eigenvalue weighted by Crippen LogP contribution is -1.84. The molecule has 0 aliphatic carbocycles. The van der Waals surface area contributed by atoms with Gasteiger partial charge in [0.25, 0.3) is 0 Å². The van der Waals surface area contributed by atoms with Crippen LogP contribution < -0.4 is 0 Å². The van der Waals surface area contributed by atoms with Crippen molar-refractivity contribution in [2.24, 2.45) is 0 Å². The summed E-state index contributed by atoms with van der Waals surface area (Å²) in [5, 5.41) is 8.60. The second-order valence-corrected chi connectivity index (χ2v) is 6.06. The van der Waals surface area contributed by atoms with Gasteiger partial charge in [0.2, 0.25) is 0 Å². The first kappa shape index (κ1) is 10.2. The fourth-order valence-electron chi connectivity index (χ4n) is 0.774. The van der Waals surface area contributed by atoms with Crippen molar-refractivity contribution in [2.75, 3.05) is 0 Å². The molecule has 1 aromatic rings. The zero-order valence-electron chi connectivity index (χ0n) is 5.89.